The number of nitrogens with one attached hydrogen (secondary N) is 2. The summed E-state index contributed by atoms with van der Waals surface area (Å²) in [7, 11) is 6.12. The summed E-state index contributed by atoms with van der Waals surface area (Å²) in [6, 6.07) is 4.14. The zero-order valence-corrected chi connectivity index (χ0v) is 16.4. The fraction of sp³-hybridized carbons (Fsp3) is 0.579. The average Bonchev–Trinajstić information content (AvgIpc) is 3.32. The molecule has 2 aromatic heterocycles. The van der Waals surface area contributed by atoms with Crippen molar-refractivity contribution in [2.24, 2.45) is 5.92 Å². The quantitative estimate of drug-likeness (QED) is 0.668. The van der Waals surface area contributed by atoms with E-state index >= 15 is 0 Å². The average molecular weight is 358 g/mol. The first-order valence-electron chi connectivity index (χ1n) is 9.21. The van der Waals surface area contributed by atoms with Crippen LogP contribution in [0.3, 0.4) is 0 Å². The summed E-state index contributed by atoms with van der Waals surface area (Å²) < 4.78 is 5.75. The van der Waals surface area contributed by atoms with Crippen molar-refractivity contribution in [2.75, 3.05) is 39.1 Å². The second-order valence-electron chi connectivity index (χ2n) is 7.36. The van der Waals surface area contributed by atoms with E-state index in [0.29, 0.717) is 12.0 Å². The highest BCUT2D eigenvalue weighted by Crippen LogP contribution is 2.34. The number of aromatic nitrogens is 3. The van der Waals surface area contributed by atoms with Gasteiger partial charge in [0.1, 0.15) is 11.9 Å². The van der Waals surface area contributed by atoms with Gasteiger partial charge in [-0.2, -0.15) is 5.10 Å². The Morgan fingerprint density at radius 2 is 2.08 bits per heavy atom. The van der Waals surface area contributed by atoms with Crippen LogP contribution >= 0.6 is 0 Å². The Labute approximate surface area is 155 Å². The molecule has 0 bridgehead atoms. The predicted octanol–water partition coefficient (Wildman–Crippen LogP) is 1.94. The number of rotatable bonds is 9. The van der Waals surface area contributed by atoms with Crippen LogP contribution in [0, 0.1) is 5.92 Å². The first-order chi connectivity index (χ1) is 12.5. The minimum Gasteiger partial charge on any atom is -0.347 e. The second kappa shape index (κ2) is 8.16. The molecule has 0 aromatic carbocycles. The van der Waals surface area contributed by atoms with Gasteiger partial charge in [-0.25, -0.2) is 4.98 Å². The van der Waals surface area contributed by atoms with Crippen LogP contribution in [-0.2, 0) is 11.3 Å². The van der Waals surface area contributed by atoms with Crippen LogP contribution in [0.25, 0.3) is 11.3 Å². The van der Waals surface area contributed by atoms with Gasteiger partial charge in [0.25, 0.3) is 0 Å². The Hall–Kier alpha value is -1.96. The Bertz CT molecular complexity index is 698. The summed E-state index contributed by atoms with van der Waals surface area (Å²) in [6.07, 6.45) is 4.24. The normalized spacial score (nSPS) is 19.3. The molecule has 0 amide bonds. The third-order valence-electron chi connectivity index (χ3n) is 4.84. The zero-order valence-electron chi connectivity index (χ0n) is 16.4. The van der Waals surface area contributed by atoms with Crippen molar-refractivity contribution in [1.82, 2.24) is 25.4 Å². The lowest BCUT2D eigenvalue weighted by atomic mass is 10.1. The summed E-state index contributed by atoms with van der Waals surface area (Å²) >= 11 is 0. The maximum atomic E-state index is 5.75. The second-order valence-corrected chi connectivity index (χ2v) is 7.36. The molecule has 1 fully saturated rings. The van der Waals surface area contributed by atoms with E-state index < -0.39 is 0 Å². The predicted molar refractivity (Wildman–Crippen MR) is 104 cm³/mol. The number of pyridine rings is 1. The molecule has 2 atom stereocenters. The van der Waals surface area contributed by atoms with Gasteiger partial charge in [0.05, 0.1) is 11.9 Å². The topological polar surface area (TPSA) is 72.6 Å². The van der Waals surface area contributed by atoms with E-state index in [9.17, 15) is 0 Å². The number of H-pyrrole nitrogens is 1. The van der Waals surface area contributed by atoms with Gasteiger partial charge >= 0.3 is 0 Å². The van der Waals surface area contributed by atoms with Crippen molar-refractivity contribution in [3.8, 4) is 11.3 Å². The smallest absolute Gasteiger partial charge is 0.158 e. The van der Waals surface area contributed by atoms with Crippen LogP contribution in [-0.4, -0.2) is 66.6 Å². The van der Waals surface area contributed by atoms with E-state index in [1.165, 1.54) is 5.56 Å². The molecule has 7 nitrogen and oxygen atoms in total. The molecule has 3 rings (SSSR count). The van der Waals surface area contributed by atoms with Crippen LogP contribution < -0.4 is 10.2 Å². The highest BCUT2D eigenvalue weighted by Gasteiger charge is 2.44. The molecule has 7 heteroatoms. The van der Waals surface area contributed by atoms with Gasteiger partial charge in [-0.3, -0.25) is 5.10 Å². The summed E-state index contributed by atoms with van der Waals surface area (Å²) in [5.41, 5.74) is 3.26. The van der Waals surface area contributed by atoms with E-state index in [1.54, 1.807) is 0 Å². The van der Waals surface area contributed by atoms with Crippen LogP contribution in [0.1, 0.15) is 19.4 Å². The van der Waals surface area contributed by atoms with E-state index in [1.807, 2.05) is 32.6 Å². The number of nitrogens with zero attached hydrogens (tertiary/aromatic N) is 4. The lowest BCUT2D eigenvalue weighted by Crippen LogP contribution is -2.27. The number of hydrogen-bond donors (Lipinski definition) is 2. The van der Waals surface area contributed by atoms with Crippen LogP contribution in [0.5, 0.6) is 0 Å². The van der Waals surface area contributed by atoms with Crippen molar-refractivity contribution in [3.05, 3.63) is 30.1 Å². The molecule has 26 heavy (non-hydrogen) atoms. The monoisotopic (exact) mass is 358 g/mol. The van der Waals surface area contributed by atoms with E-state index in [-0.39, 0.29) is 6.23 Å². The molecular weight excluding hydrogens is 328 g/mol. The maximum Gasteiger partial charge on any atom is 0.158 e. The van der Waals surface area contributed by atoms with E-state index in [4.69, 9.17) is 4.74 Å². The van der Waals surface area contributed by atoms with Gasteiger partial charge in [-0.15, -0.1) is 0 Å². The Kier molecular flexibility index (Phi) is 5.90. The van der Waals surface area contributed by atoms with Gasteiger partial charge in [0, 0.05) is 44.0 Å². The highest BCUT2D eigenvalue weighted by atomic mass is 16.6. The first-order valence-corrected chi connectivity index (χ1v) is 9.21. The van der Waals surface area contributed by atoms with Gasteiger partial charge < -0.3 is 19.9 Å². The summed E-state index contributed by atoms with van der Waals surface area (Å²) in [5.74, 6) is 1.45. The van der Waals surface area contributed by atoms with Crippen molar-refractivity contribution in [3.63, 3.8) is 0 Å². The molecule has 2 N–H and O–H groups in total. The Balaban J connectivity index is 1.67. The van der Waals surface area contributed by atoms with E-state index in [0.717, 1.165) is 36.7 Å². The minimum absolute atomic E-state index is 0.136. The Morgan fingerprint density at radius 1 is 1.27 bits per heavy atom. The van der Waals surface area contributed by atoms with Gasteiger partial charge in [-0.05, 0) is 32.1 Å². The molecule has 1 aliphatic rings. The molecule has 0 spiro atoms. The third kappa shape index (κ3) is 4.23. The largest absolute Gasteiger partial charge is 0.347 e. The lowest BCUT2D eigenvalue weighted by molar-refractivity contribution is 0.328. The number of ether oxygens (including phenoxy) is 1. The molecule has 0 aliphatic carbocycles. The number of anilines is 1. The molecule has 1 aliphatic heterocycles. The summed E-state index contributed by atoms with van der Waals surface area (Å²) in [4.78, 5) is 9.01. The Morgan fingerprint density at radius 3 is 2.69 bits per heavy atom. The zero-order chi connectivity index (χ0) is 18.7. The van der Waals surface area contributed by atoms with E-state index in [2.05, 4.69) is 57.3 Å². The van der Waals surface area contributed by atoms with Crippen LogP contribution in [0.2, 0.25) is 0 Å². The highest BCUT2D eigenvalue weighted by molar-refractivity contribution is 5.63. The van der Waals surface area contributed by atoms with Gasteiger partial charge in [0.2, 0.25) is 0 Å². The number of epoxide rings is 1. The molecular formula is C19H30N6O. The minimum atomic E-state index is 0.136. The van der Waals surface area contributed by atoms with Crippen LogP contribution in [0.15, 0.2) is 24.5 Å². The van der Waals surface area contributed by atoms with Gasteiger partial charge in [-0.1, -0.05) is 13.8 Å². The number of likely N-dealkylation sites (N-methyl/N-ethyl adjacent to an activating group) is 3. The molecule has 0 radical (unpaired) electrons. The van der Waals surface area contributed by atoms with Crippen molar-refractivity contribution in [1.29, 1.82) is 0 Å². The molecule has 1 saturated heterocycles. The van der Waals surface area contributed by atoms with Crippen molar-refractivity contribution >= 4 is 5.82 Å². The van der Waals surface area contributed by atoms with Crippen molar-refractivity contribution < 1.29 is 4.74 Å². The maximum absolute atomic E-state index is 5.75. The van der Waals surface area contributed by atoms with Crippen molar-refractivity contribution in [2.45, 2.75) is 32.7 Å². The number of hydrogen-bond acceptors (Lipinski definition) is 6. The standard InChI is InChI=1S/C19H30N6O/c1-13(2)18-19(26-18)25(5)16-7-6-14(10-21-16)17-15(11-22-23-17)12-24(4)9-8-20-3/h6-7,10-11,13,18-20H,8-9,12H2,1-5H3,(H,22,23). The summed E-state index contributed by atoms with van der Waals surface area (Å²) in [5, 5.41) is 10.5. The fourth-order valence-corrected chi connectivity index (χ4v) is 3.14. The lowest BCUT2D eigenvalue weighted by Gasteiger charge is -2.17. The molecule has 2 unspecified atom stereocenters. The molecule has 3 heterocycles. The first kappa shape index (κ1) is 18.8. The number of aromatic amines is 1. The fourth-order valence-electron chi connectivity index (χ4n) is 3.14. The summed E-state index contributed by atoms with van der Waals surface area (Å²) in [6.45, 7) is 7.17. The van der Waals surface area contributed by atoms with Gasteiger partial charge in [0.15, 0.2) is 6.23 Å². The molecule has 2 aromatic rings. The molecule has 142 valence electrons. The third-order valence-corrected chi connectivity index (χ3v) is 4.84. The van der Waals surface area contributed by atoms with Crippen LogP contribution in [0.4, 0.5) is 5.82 Å². The SMILES string of the molecule is CNCCN(C)Cc1cn[nH]c1-c1ccc(N(C)C2OC2C(C)C)nc1. The molecule has 0 saturated carbocycles.